The molecule has 1 N–H and O–H groups in total. The molecular weight excluding hydrogens is 403 g/mol. The number of amides is 1. The van der Waals surface area contributed by atoms with E-state index in [0.29, 0.717) is 22.2 Å². The van der Waals surface area contributed by atoms with E-state index in [1.165, 1.54) is 10.9 Å². The van der Waals surface area contributed by atoms with E-state index in [0.717, 1.165) is 23.2 Å². The van der Waals surface area contributed by atoms with E-state index in [2.05, 4.69) is 23.2 Å². The van der Waals surface area contributed by atoms with Gasteiger partial charge in [-0.3, -0.25) is 4.79 Å². The summed E-state index contributed by atoms with van der Waals surface area (Å²) in [6.45, 7) is 0.617. The summed E-state index contributed by atoms with van der Waals surface area (Å²) in [4.78, 5) is 19.0. The molecule has 1 aromatic heterocycles. The maximum Gasteiger partial charge on any atom is 0.256 e. The first-order valence-electron chi connectivity index (χ1n) is 9.54. The Morgan fingerprint density at radius 1 is 0.931 bits per heavy atom. The Morgan fingerprint density at radius 2 is 1.66 bits per heavy atom. The maximum atomic E-state index is 13.5. The van der Waals surface area contributed by atoms with Crippen LogP contribution < -0.4 is 0 Å². The average molecular weight is 421 g/mol. The molecule has 0 bridgehead atoms. The van der Waals surface area contributed by atoms with Crippen molar-refractivity contribution in [2.45, 2.75) is 12.5 Å². The Kier molecular flexibility index (Phi) is 4.57. The third-order valence-corrected chi connectivity index (χ3v) is 6.17. The standard InChI is InChI=1S/C24H18Cl2N2O/c25-16-11-9-15(10-12-16)23-22-18(17-5-2-4-8-21(17)27-22)13-14-28(23)24(29)19-6-1-3-7-20(19)26/h1-12,23,27H,13-14H2/t23-/m0/s1. The summed E-state index contributed by atoms with van der Waals surface area (Å²) in [5.41, 5.74) is 4.95. The van der Waals surface area contributed by atoms with Gasteiger partial charge in [0.1, 0.15) is 0 Å². The molecule has 1 aliphatic heterocycles. The van der Waals surface area contributed by atoms with Gasteiger partial charge in [0.2, 0.25) is 0 Å². The molecule has 2 heterocycles. The van der Waals surface area contributed by atoms with Crippen molar-refractivity contribution in [3.05, 3.63) is 105 Å². The topological polar surface area (TPSA) is 36.1 Å². The summed E-state index contributed by atoms with van der Waals surface area (Å²) in [6.07, 6.45) is 0.791. The highest BCUT2D eigenvalue weighted by atomic mass is 35.5. The number of para-hydroxylation sites is 1. The molecule has 5 heteroatoms. The fraction of sp³-hybridized carbons (Fsp3) is 0.125. The van der Waals surface area contributed by atoms with E-state index >= 15 is 0 Å². The van der Waals surface area contributed by atoms with Crippen molar-refractivity contribution in [3.63, 3.8) is 0 Å². The highest BCUT2D eigenvalue weighted by molar-refractivity contribution is 6.33. The molecule has 0 saturated carbocycles. The van der Waals surface area contributed by atoms with Crippen LogP contribution in [0.5, 0.6) is 0 Å². The second kappa shape index (κ2) is 7.25. The molecule has 0 spiro atoms. The lowest BCUT2D eigenvalue weighted by Gasteiger charge is -2.36. The second-order valence-corrected chi connectivity index (χ2v) is 8.09. The predicted molar refractivity (Wildman–Crippen MR) is 118 cm³/mol. The van der Waals surface area contributed by atoms with Crippen molar-refractivity contribution >= 4 is 40.0 Å². The molecule has 0 radical (unpaired) electrons. The first-order valence-corrected chi connectivity index (χ1v) is 10.3. The molecule has 0 fully saturated rings. The van der Waals surface area contributed by atoms with E-state index in [9.17, 15) is 4.79 Å². The number of rotatable bonds is 2. The Bertz CT molecular complexity index is 1210. The molecule has 0 saturated heterocycles. The van der Waals surface area contributed by atoms with E-state index in [1.807, 2.05) is 47.4 Å². The number of H-pyrrole nitrogens is 1. The maximum absolute atomic E-state index is 13.5. The highest BCUT2D eigenvalue weighted by Crippen LogP contribution is 2.39. The second-order valence-electron chi connectivity index (χ2n) is 7.25. The summed E-state index contributed by atoms with van der Waals surface area (Å²) in [6, 6.07) is 23.0. The van der Waals surface area contributed by atoms with Gasteiger partial charge in [-0.2, -0.15) is 0 Å². The van der Waals surface area contributed by atoms with Gasteiger partial charge in [-0.05, 0) is 47.9 Å². The Hall–Kier alpha value is -2.75. The van der Waals surface area contributed by atoms with E-state index < -0.39 is 0 Å². The number of nitrogens with one attached hydrogen (secondary N) is 1. The van der Waals surface area contributed by atoms with Crippen molar-refractivity contribution in [2.24, 2.45) is 0 Å². The fourth-order valence-corrected chi connectivity index (χ4v) is 4.58. The lowest BCUT2D eigenvalue weighted by atomic mass is 9.91. The van der Waals surface area contributed by atoms with Crippen LogP contribution in [0.3, 0.4) is 0 Å². The van der Waals surface area contributed by atoms with Crippen LogP contribution in [0.15, 0.2) is 72.8 Å². The average Bonchev–Trinajstić information content (AvgIpc) is 3.12. The monoisotopic (exact) mass is 420 g/mol. The van der Waals surface area contributed by atoms with Crippen LogP contribution in [0, 0.1) is 0 Å². The van der Waals surface area contributed by atoms with Crippen LogP contribution in [-0.2, 0) is 6.42 Å². The zero-order valence-corrected chi connectivity index (χ0v) is 17.0. The van der Waals surface area contributed by atoms with Gasteiger partial charge < -0.3 is 9.88 Å². The van der Waals surface area contributed by atoms with Crippen LogP contribution in [0.25, 0.3) is 10.9 Å². The van der Waals surface area contributed by atoms with Crippen molar-refractivity contribution in [3.8, 4) is 0 Å². The summed E-state index contributed by atoms with van der Waals surface area (Å²) in [7, 11) is 0. The van der Waals surface area contributed by atoms with Gasteiger partial charge in [0.15, 0.2) is 0 Å². The molecule has 3 nitrogen and oxygen atoms in total. The SMILES string of the molecule is O=C(c1ccccc1Cl)N1CCc2c([nH]c3ccccc23)[C@@H]1c1ccc(Cl)cc1. The summed E-state index contributed by atoms with van der Waals surface area (Å²) < 4.78 is 0. The highest BCUT2D eigenvalue weighted by Gasteiger charge is 2.35. The molecule has 0 unspecified atom stereocenters. The number of carbonyl (C=O) groups is 1. The molecule has 0 aliphatic carbocycles. The van der Waals surface area contributed by atoms with E-state index in [1.54, 1.807) is 12.1 Å². The van der Waals surface area contributed by atoms with Crippen molar-refractivity contribution in [1.29, 1.82) is 0 Å². The Morgan fingerprint density at radius 3 is 2.45 bits per heavy atom. The van der Waals surface area contributed by atoms with Crippen molar-refractivity contribution in [2.75, 3.05) is 6.54 Å². The number of benzene rings is 3. The van der Waals surface area contributed by atoms with Crippen LogP contribution in [0.2, 0.25) is 10.0 Å². The summed E-state index contributed by atoms with van der Waals surface area (Å²) in [5, 5.41) is 2.35. The van der Waals surface area contributed by atoms with Gasteiger partial charge in [-0.15, -0.1) is 0 Å². The predicted octanol–water partition coefficient (Wildman–Crippen LogP) is 6.26. The molecule has 144 valence electrons. The largest absolute Gasteiger partial charge is 0.356 e. The number of nitrogens with zero attached hydrogens (tertiary/aromatic N) is 1. The molecule has 29 heavy (non-hydrogen) atoms. The first-order chi connectivity index (χ1) is 14.1. The van der Waals surface area contributed by atoms with Crippen LogP contribution in [-0.4, -0.2) is 22.3 Å². The Labute approximate surface area is 178 Å². The number of fused-ring (bicyclic) bond motifs is 3. The van der Waals surface area contributed by atoms with Gasteiger partial charge >= 0.3 is 0 Å². The lowest BCUT2D eigenvalue weighted by molar-refractivity contribution is 0.0692. The van der Waals surface area contributed by atoms with Gasteiger partial charge in [0.25, 0.3) is 5.91 Å². The minimum Gasteiger partial charge on any atom is -0.356 e. The molecular formula is C24H18Cl2N2O. The van der Waals surface area contributed by atoms with Gasteiger partial charge in [-0.25, -0.2) is 0 Å². The molecule has 1 aliphatic rings. The number of hydrogen-bond donors (Lipinski definition) is 1. The smallest absolute Gasteiger partial charge is 0.256 e. The quantitative estimate of drug-likeness (QED) is 0.407. The lowest BCUT2D eigenvalue weighted by Crippen LogP contribution is -2.40. The molecule has 1 amide bonds. The minimum absolute atomic E-state index is 0.0696. The first kappa shape index (κ1) is 18.3. The number of carbonyl (C=O) groups excluding carboxylic acids is 1. The number of halogens is 2. The molecule has 5 rings (SSSR count). The minimum atomic E-state index is -0.229. The number of aromatic nitrogens is 1. The van der Waals surface area contributed by atoms with Crippen molar-refractivity contribution in [1.82, 2.24) is 9.88 Å². The summed E-state index contributed by atoms with van der Waals surface area (Å²) >= 11 is 12.5. The number of hydrogen-bond acceptors (Lipinski definition) is 1. The fourth-order valence-electron chi connectivity index (χ4n) is 4.24. The third-order valence-electron chi connectivity index (χ3n) is 5.59. The molecule has 4 aromatic rings. The zero-order chi connectivity index (χ0) is 20.0. The van der Waals surface area contributed by atoms with Crippen LogP contribution in [0.4, 0.5) is 0 Å². The summed E-state index contributed by atoms with van der Waals surface area (Å²) in [5.74, 6) is -0.0696. The van der Waals surface area contributed by atoms with Crippen LogP contribution in [0.1, 0.15) is 33.2 Å². The third kappa shape index (κ3) is 3.11. The van der Waals surface area contributed by atoms with Gasteiger partial charge in [-0.1, -0.05) is 65.7 Å². The van der Waals surface area contributed by atoms with E-state index in [-0.39, 0.29) is 11.9 Å². The number of aromatic amines is 1. The zero-order valence-electron chi connectivity index (χ0n) is 15.5. The van der Waals surface area contributed by atoms with Crippen molar-refractivity contribution < 1.29 is 4.79 Å². The van der Waals surface area contributed by atoms with Gasteiger partial charge in [0, 0.05) is 28.2 Å². The van der Waals surface area contributed by atoms with Crippen LogP contribution >= 0.6 is 23.2 Å². The molecule has 3 aromatic carbocycles. The normalized spacial score (nSPS) is 16.1. The van der Waals surface area contributed by atoms with E-state index in [4.69, 9.17) is 23.2 Å². The Balaban J connectivity index is 1.68. The van der Waals surface area contributed by atoms with Gasteiger partial charge in [0.05, 0.1) is 16.6 Å². The molecule has 1 atom stereocenters.